The SMILES string of the molecule is CC(=O)Nc1ccc(S(=O)(=O)Nc2ccc3c(c2)C(=O)N(C)c2ccccc2O3)cc1F. The maximum Gasteiger partial charge on any atom is 0.261 e. The van der Waals surface area contributed by atoms with Crippen molar-refractivity contribution in [3.63, 3.8) is 0 Å². The molecule has 0 atom stereocenters. The Bertz CT molecular complexity index is 1360. The van der Waals surface area contributed by atoms with Crippen LogP contribution in [0.1, 0.15) is 17.3 Å². The number of amides is 2. The second-order valence-corrected chi connectivity index (χ2v) is 8.76. The van der Waals surface area contributed by atoms with Crippen molar-refractivity contribution in [1.82, 2.24) is 0 Å². The molecule has 0 fully saturated rings. The highest BCUT2D eigenvalue weighted by molar-refractivity contribution is 7.92. The number of carbonyl (C=O) groups excluding carboxylic acids is 2. The Morgan fingerprint density at radius 2 is 1.78 bits per heavy atom. The van der Waals surface area contributed by atoms with Crippen molar-refractivity contribution in [3.8, 4) is 11.5 Å². The van der Waals surface area contributed by atoms with Gasteiger partial charge >= 0.3 is 0 Å². The van der Waals surface area contributed by atoms with Crippen LogP contribution in [-0.2, 0) is 14.8 Å². The van der Waals surface area contributed by atoms with Gasteiger partial charge in [-0.1, -0.05) is 12.1 Å². The Hall–Kier alpha value is -3.92. The molecule has 0 saturated heterocycles. The number of anilines is 3. The Morgan fingerprint density at radius 1 is 1.03 bits per heavy atom. The minimum Gasteiger partial charge on any atom is -0.454 e. The van der Waals surface area contributed by atoms with Gasteiger partial charge in [-0.3, -0.25) is 14.3 Å². The molecule has 2 amide bonds. The first-order chi connectivity index (χ1) is 15.2. The van der Waals surface area contributed by atoms with Crippen molar-refractivity contribution in [2.24, 2.45) is 0 Å². The van der Waals surface area contributed by atoms with E-state index in [2.05, 4.69) is 10.0 Å². The second kappa shape index (κ2) is 7.97. The van der Waals surface area contributed by atoms with Crippen LogP contribution in [-0.4, -0.2) is 27.3 Å². The fourth-order valence-corrected chi connectivity index (χ4v) is 4.31. The predicted molar refractivity (Wildman–Crippen MR) is 117 cm³/mol. The number of benzene rings is 3. The van der Waals surface area contributed by atoms with Crippen LogP contribution >= 0.6 is 0 Å². The van der Waals surface area contributed by atoms with E-state index in [1.54, 1.807) is 31.3 Å². The Kier molecular flexibility index (Phi) is 5.31. The molecule has 164 valence electrons. The monoisotopic (exact) mass is 455 g/mol. The average molecular weight is 455 g/mol. The van der Waals surface area contributed by atoms with Gasteiger partial charge in [-0.25, -0.2) is 12.8 Å². The quantitative estimate of drug-likeness (QED) is 0.620. The molecule has 0 unspecified atom stereocenters. The number of hydrogen-bond acceptors (Lipinski definition) is 5. The minimum atomic E-state index is -4.17. The highest BCUT2D eigenvalue weighted by atomic mass is 32.2. The van der Waals surface area contributed by atoms with Crippen LogP contribution in [0.25, 0.3) is 0 Å². The fraction of sp³-hybridized carbons (Fsp3) is 0.0909. The molecule has 0 radical (unpaired) electrons. The van der Waals surface area contributed by atoms with Gasteiger partial charge in [-0.15, -0.1) is 0 Å². The lowest BCUT2D eigenvalue weighted by Gasteiger charge is -2.16. The topological polar surface area (TPSA) is 105 Å². The van der Waals surface area contributed by atoms with Gasteiger partial charge in [-0.05, 0) is 48.5 Å². The summed E-state index contributed by atoms with van der Waals surface area (Å²) in [5, 5.41) is 2.27. The maximum atomic E-state index is 14.2. The van der Waals surface area contributed by atoms with Crippen molar-refractivity contribution in [2.45, 2.75) is 11.8 Å². The van der Waals surface area contributed by atoms with Gasteiger partial charge in [0, 0.05) is 19.7 Å². The number of carbonyl (C=O) groups is 2. The molecule has 0 aromatic heterocycles. The number of sulfonamides is 1. The largest absolute Gasteiger partial charge is 0.454 e. The van der Waals surface area contributed by atoms with Crippen LogP contribution in [0.2, 0.25) is 0 Å². The van der Waals surface area contributed by atoms with Crippen molar-refractivity contribution in [3.05, 3.63) is 72.0 Å². The Labute approximate surface area is 183 Å². The fourth-order valence-electron chi connectivity index (χ4n) is 3.25. The van der Waals surface area contributed by atoms with E-state index in [4.69, 9.17) is 4.74 Å². The summed E-state index contributed by atoms with van der Waals surface area (Å²) in [4.78, 5) is 25.1. The highest BCUT2D eigenvalue weighted by Crippen LogP contribution is 2.39. The van der Waals surface area contributed by atoms with Gasteiger partial charge in [-0.2, -0.15) is 0 Å². The summed E-state index contributed by atoms with van der Waals surface area (Å²) in [5.41, 5.74) is 0.708. The van der Waals surface area contributed by atoms with Crippen molar-refractivity contribution in [2.75, 3.05) is 22.0 Å². The van der Waals surface area contributed by atoms with Crippen LogP contribution in [0.15, 0.2) is 65.6 Å². The van der Waals surface area contributed by atoms with E-state index in [9.17, 15) is 22.4 Å². The van der Waals surface area contributed by atoms with Crippen LogP contribution in [0.3, 0.4) is 0 Å². The molecular weight excluding hydrogens is 437 g/mol. The van der Waals surface area contributed by atoms with Gasteiger partial charge in [0.15, 0.2) is 5.75 Å². The molecule has 4 rings (SSSR count). The minimum absolute atomic E-state index is 0.103. The molecule has 0 aliphatic carbocycles. The van der Waals surface area contributed by atoms with E-state index in [1.807, 2.05) is 0 Å². The summed E-state index contributed by atoms with van der Waals surface area (Å²) in [7, 11) is -2.58. The molecule has 10 heteroatoms. The molecular formula is C22H18FN3O5S. The predicted octanol–water partition coefficient (Wildman–Crippen LogP) is 3.97. The molecule has 32 heavy (non-hydrogen) atoms. The zero-order valence-corrected chi connectivity index (χ0v) is 17.9. The van der Waals surface area contributed by atoms with Gasteiger partial charge < -0.3 is 15.0 Å². The smallest absolute Gasteiger partial charge is 0.261 e. The van der Waals surface area contributed by atoms with Crippen LogP contribution in [0, 0.1) is 5.82 Å². The first-order valence-electron chi connectivity index (χ1n) is 9.44. The number of nitrogens with one attached hydrogen (secondary N) is 2. The first-order valence-corrected chi connectivity index (χ1v) is 10.9. The first kappa shape index (κ1) is 21.3. The number of rotatable bonds is 4. The second-order valence-electron chi connectivity index (χ2n) is 7.07. The van der Waals surface area contributed by atoms with Crippen molar-refractivity contribution < 1.29 is 27.1 Å². The molecule has 1 aliphatic heterocycles. The number of para-hydroxylation sites is 2. The maximum absolute atomic E-state index is 14.2. The molecule has 3 aromatic rings. The highest BCUT2D eigenvalue weighted by Gasteiger charge is 2.26. The van der Waals surface area contributed by atoms with Crippen LogP contribution in [0.5, 0.6) is 11.5 Å². The van der Waals surface area contributed by atoms with Crippen LogP contribution < -0.4 is 19.7 Å². The van der Waals surface area contributed by atoms with E-state index in [-0.39, 0.29) is 33.5 Å². The lowest BCUT2D eigenvalue weighted by Crippen LogP contribution is -2.25. The Morgan fingerprint density at radius 3 is 2.50 bits per heavy atom. The van der Waals surface area contributed by atoms with Crippen molar-refractivity contribution >= 4 is 38.9 Å². The number of hydrogen-bond donors (Lipinski definition) is 2. The molecule has 0 saturated carbocycles. The number of nitrogens with zero attached hydrogens (tertiary/aromatic N) is 1. The van der Waals surface area contributed by atoms with Crippen LogP contribution in [0.4, 0.5) is 21.5 Å². The third kappa shape index (κ3) is 4.00. The van der Waals surface area contributed by atoms with Gasteiger partial charge in [0.2, 0.25) is 5.91 Å². The lowest BCUT2D eigenvalue weighted by atomic mass is 10.1. The molecule has 0 spiro atoms. The zero-order chi connectivity index (χ0) is 23.0. The number of fused-ring (bicyclic) bond motifs is 2. The van der Waals surface area contributed by atoms with E-state index >= 15 is 0 Å². The van der Waals surface area contributed by atoms with Gasteiger partial charge in [0.1, 0.15) is 11.6 Å². The van der Waals surface area contributed by atoms with E-state index in [0.717, 1.165) is 12.1 Å². The van der Waals surface area contributed by atoms with Crippen molar-refractivity contribution in [1.29, 1.82) is 0 Å². The summed E-state index contributed by atoms with van der Waals surface area (Å²) in [5.74, 6) is -0.989. The summed E-state index contributed by atoms with van der Waals surface area (Å²) in [6, 6.07) is 14.4. The molecule has 2 N–H and O–H groups in total. The standard InChI is InChI=1S/C22H18FN3O5S/c1-13(27)24-18-9-8-15(12-17(18)23)32(29,30)25-14-7-10-20-16(11-14)22(28)26(2)19-5-3-4-6-21(19)31-20/h3-12,25H,1-2H3,(H,24,27). The lowest BCUT2D eigenvalue weighted by molar-refractivity contribution is -0.114. The number of ether oxygens (including phenoxy) is 1. The third-order valence-electron chi connectivity index (χ3n) is 4.77. The molecule has 8 nitrogen and oxygen atoms in total. The van der Waals surface area contributed by atoms with E-state index in [1.165, 1.54) is 36.1 Å². The van der Waals surface area contributed by atoms with Gasteiger partial charge in [0.05, 0.1) is 21.8 Å². The summed E-state index contributed by atoms with van der Waals surface area (Å²) in [6.45, 7) is 1.21. The van der Waals surface area contributed by atoms with E-state index in [0.29, 0.717) is 11.4 Å². The Balaban J connectivity index is 1.65. The average Bonchev–Trinajstić information content (AvgIpc) is 2.84. The zero-order valence-electron chi connectivity index (χ0n) is 17.0. The summed E-state index contributed by atoms with van der Waals surface area (Å²) in [6.07, 6.45) is 0. The molecule has 1 heterocycles. The van der Waals surface area contributed by atoms with E-state index < -0.39 is 21.7 Å². The summed E-state index contributed by atoms with van der Waals surface area (Å²) < 4.78 is 47.9. The number of halogens is 1. The molecule has 3 aromatic carbocycles. The normalized spacial score (nSPS) is 12.8. The summed E-state index contributed by atoms with van der Waals surface area (Å²) >= 11 is 0. The third-order valence-corrected chi connectivity index (χ3v) is 6.15. The molecule has 0 bridgehead atoms. The van der Waals surface area contributed by atoms with Gasteiger partial charge in [0.25, 0.3) is 15.9 Å². The molecule has 1 aliphatic rings.